The van der Waals surface area contributed by atoms with Gasteiger partial charge in [0.2, 0.25) is 5.91 Å². The van der Waals surface area contributed by atoms with E-state index in [9.17, 15) is 18.8 Å². The Kier molecular flexibility index (Phi) is 10.2. The van der Waals surface area contributed by atoms with E-state index in [-0.39, 0.29) is 11.6 Å². The van der Waals surface area contributed by atoms with Crippen molar-refractivity contribution in [2.24, 2.45) is 0 Å². The molecule has 3 N–H and O–H groups in total. The van der Waals surface area contributed by atoms with Gasteiger partial charge in [0.05, 0.1) is 5.25 Å². The molecule has 0 aliphatic rings. The van der Waals surface area contributed by atoms with Crippen molar-refractivity contribution in [3.05, 3.63) is 130 Å². The maximum absolute atomic E-state index is 13.4. The van der Waals surface area contributed by atoms with Crippen molar-refractivity contribution in [2.45, 2.75) is 17.1 Å². The second kappa shape index (κ2) is 14.0. The molecule has 10 heteroatoms. The summed E-state index contributed by atoms with van der Waals surface area (Å²) in [6.45, 7) is 1.77. The van der Waals surface area contributed by atoms with E-state index in [0.717, 1.165) is 4.90 Å². The molecule has 4 aromatic rings. The zero-order valence-electron chi connectivity index (χ0n) is 21.7. The lowest BCUT2D eigenvalue weighted by atomic mass is 10.1. The molecular formula is C31H24Cl2FN3O3S. The van der Waals surface area contributed by atoms with E-state index in [4.69, 9.17) is 23.2 Å². The number of amides is 3. The van der Waals surface area contributed by atoms with Crippen molar-refractivity contribution in [3.8, 4) is 0 Å². The Labute approximate surface area is 250 Å². The van der Waals surface area contributed by atoms with Crippen molar-refractivity contribution in [2.75, 3.05) is 10.6 Å². The number of carbonyl (C=O) groups is 3. The number of nitrogens with one attached hydrogen (secondary N) is 3. The lowest BCUT2D eigenvalue weighted by molar-refractivity contribution is -0.115. The Morgan fingerprint density at radius 3 is 2.07 bits per heavy atom. The first kappa shape index (κ1) is 29.9. The van der Waals surface area contributed by atoms with E-state index < -0.39 is 22.9 Å². The average molecular weight is 609 g/mol. The molecule has 208 valence electrons. The highest BCUT2D eigenvalue weighted by atomic mass is 35.5. The monoisotopic (exact) mass is 607 g/mol. The minimum Gasteiger partial charge on any atom is -0.325 e. The third kappa shape index (κ3) is 8.94. The lowest BCUT2D eigenvalue weighted by Gasteiger charge is -2.14. The minimum atomic E-state index is -0.563. The summed E-state index contributed by atoms with van der Waals surface area (Å²) in [5, 5.41) is 8.61. The van der Waals surface area contributed by atoms with Crippen LogP contribution in [0.5, 0.6) is 0 Å². The van der Waals surface area contributed by atoms with Gasteiger partial charge in [-0.1, -0.05) is 53.5 Å². The normalized spacial score (nSPS) is 11.9. The second-order valence-corrected chi connectivity index (χ2v) is 11.1. The van der Waals surface area contributed by atoms with Crippen LogP contribution in [0.4, 0.5) is 15.8 Å². The van der Waals surface area contributed by atoms with Crippen LogP contribution in [0, 0.1) is 5.82 Å². The molecule has 0 aliphatic carbocycles. The van der Waals surface area contributed by atoms with E-state index in [1.807, 2.05) is 0 Å². The quantitative estimate of drug-likeness (QED) is 0.135. The van der Waals surface area contributed by atoms with Gasteiger partial charge in [0.1, 0.15) is 11.5 Å². The molecule has 6 nitrogen and oxygen atoms in total. The van der Waals surface area contributed by atoms with E-state index in [1.165, 1.54) is 42.1 Å². The highest BCUT2D eigenvalue weighted by molar-refractivity contribution is 8.00. The van der Waals surface area contributed by atoms with E-state index in [2.05, 4.69) is 16.0 Å². The molecule has 1 unspecified atom stereocenters. The zero-order chi connectivity index (χ0) is 29.4. The van der Waals surface area contributed by atoms with Crippen molar-refractivity contribution in [1.29, 1.82) is 0 Å². The highest BCUT2D eigenvalue weighted by Crippen LogP contribution is 2.27. The number of anilines is 2. The van der Waals surface area contributed by atoms with E-state index in [1.54, 1.807) is 79.7 Å². The van der Waals surface area contributed by atoms with Gasteiger partial charge in [0, 0.05) is 31.9 Å². The minimum absolute atomic E-state index is 0.0182. The fourth-order valence-corrected chi connectivity index (χ4v) is 5.00. The molecule has 3 amide bonds. The van der Waals surface area contributed by atoms with Gasteiger partial charge in [-0.2, -0.15) is 0 Å². The summed E-state index contributed by atoms with van der Waals surface area (Å²) in [6, 6.07) is 25.7. The molecule has 0 saturated heterocycles. The number of hydrogen-bond acceptors (Lipinski definition) is 4. The molecule has 4 rings (SSSR count). The summed E-state index contributed by atoms with van der Waals surface area (Å²) in [5.41, 5.74) is 1.87. The summed E-state index contributed by atoms with van der Waals surface area (Å²) in [4.78, 5) is 39.4. The van der Waals surface area contributed by atoms with Gasteiger partial charge in [-0.25, -0.2) is 4.39 Å². The van der Waals surface area contributed by atoms with Crippen LogP contribution in [0.3, 0.4) is 0 Å². The number of halogens is 3. The van der Waals surface area contributed by atoms with Crippen LogP contribution in [-0.2, 0) is 9.59 Å². The molecule has 0 spiro atoms. The van der Waals surface area contributed by atoms with Crippen molar-refractivity contribution in [3.63, 3.8) is 0 Å². The molecule has 0 heterocycles. The van der Waals surface area contributed by atoms with Gasteiger partial charge >= 0.3 is 0 Å². The third-order valence-electron chi connectivity index (χ3n) is 5.63. The summed E-state index contributed by atoms with van der Waals surface area (Å²) in [6.07, 6.45) is 1.47. The predicted octanol–water partition coefficient (Wildman–Crippen LogP) is 7.66. The summed E-state index contributed by atoms with van der Waals surface area (Å²) >= 11 is 13.3. The molecule has 41 heavy (non-hydrogen) atoms. The Balaban J connectivity index is 1.42. The first-order valence-corrected chi connectivity index (χ1v) is 14.0. The molecule has 0 fully saturated rings. The number of thioether (sulfide) groups is 1. The summed E-state index contributed by atoms with van der Waals surface area (Å²) < 4.78 is 13.4. The molecule has 0 aliphatic heterocycles. The number of rotatable bonds is 9. The standard InChI is InChI=1S/C31H24Cl2FN3O3S/c1-19(29(38)36-26-17-22(32)16-23(33)18-26)41-27-13-11-25(12-14-27)35-31(40)28(15-20-7-9-24(34)10-8-20)37-30(39)21-5-3-2-4-6-21/h2-19H,1H3,(H,35,40)(H,36,38)(H,37,39)/b28-15-. The van der Waals surface area contributed by atoms with Crippen LogP contribution < -0.4 is 16.0 Å². The van der Waals surface area contributed by atoms with Crippen LogP contribution in [0.15, 0.2) is 108 Å². The van der Waals surface area contributed by atoms with Gasteiger partial charge in [-0.15, -0.1) is 11.8 Å². The first-order chi connectivity index (χ1) is 19.7. The van der Waals surface area contributed by atoms with Gasteiger partial charge < -0.3 is 16.0 Å². The highest BCUT2D eigenvalue weighted by Gasteiger charge is 2.17. The molecule has 0 radical (unpaired) electrons. The molecular weight excluding hydrogens is 584 g/mol. The number of carbonyl (C=O) groups excluding carboxylic acids is 3. The van der Waals surface area contributed by atoms with Crippen molar-refractivity contribution in [1.82, 2.24) is 5.32 Å². The zero-order valence-corrected chi connectivity index (χ0v) is 24.0. The van der Waals surface area contributed by atoms with Gasteiger partial charge in [0.15, 0.2) is 0 Å². The third-order valence-corrected chi connectivity index (χ3v) is 7.18. The molecule has 4 aromatic carbocycles. The van der Waals surface area contributed by atoms with Gasteiger partial charge in [0.25, 0.3) is 11.8 Å². The largest absolute Gasteiger partial charge is 0.325 e. The molecule has 0 aromatic heterocycles. The maximum atomic E-state index is 13.4. The Morgan fingerprint density at radius 2 is 1.44 bits per heavy atom. The Hall–Kier alpha value is -4.11. The van der Waals surface area contributed by atoms with E-state index in [0.29, 0.717) is 32.5 Å². The Bertz CT molecular complexity index is 1560. The lowest BCUT2D eigenvalue weighted by Crippen LogP contribution is -2.30. The molecule has 0 bridgehead atoms. The van der Waals surface area contributed by atoms with Crippen LogP contribution in [0.2, 0.25) is 10.0 Å². The van der Waals surface area contributed by atoms with Crippen LogP contribution >= 0.6 is 35.0 Å². The fraction of sp³-hybridized carbons (Fsp3) is 0.0645. The predicted molar refractivity (Wildman–Crippen MR) is 164 cm³/mol. The van der Waals surface area contributed by atoms with Crippen LogP contribution in [0.1, 0.15) is 22.8 Å². The molecule has 1 atom stereocenters. The van der Waals surface area contributed by atoms with Crippen LogP contribution in [0.25, 0.3) is 6.08 Å². The SMILES string of the molecule is CC(Sc1ccc(NC(=O)/C(=C/c2ccc(F)cc2)NC(=O)c2ccccc2)cc1)C(=O)Nc1cc(Cl)cc(Cl)c1. The first-order valence-electron chi connectivity index (χ1n) is 12.3. The summed E-state index contributed by atoms with van der Waals surface area (Å²) in [7, 11) is 0. The molecule has 0 saturated carbocycles. The van der Waals surface area contributed by atoms with Gasteiger partial charge in [-0.05, 0) is 85.3 Å². The second-order valence-electron chi connectivity index (χ2n) is 8.82. The smallest absolute Gasteiger partial charge is 0.272 e. The number of benzene rings is 4. The van der Waals surface area contributed by atoms with Gasteiger partial charge in [-0.3, -0.25) is 14.4 Å². The topological polar surface area (TPSA) is 87.3 Å². The maximum Gasteiger partial charge on any atom is 0.272 e. The van der Waals surface area contributed by atoms with Crippen molar-refractivity contribution < 1.29 is 18.8 Å². The average Bonchev–Trinajstić information content (AvgIpc) is 2.94. The van der Waals surface area contributed by atoms with E-state index >= 15 is 0 Å². The van der Waals surface area contributed by atoms with Crippen LogP contribution in [-0.4, -0.2) is 23.0 Å². The summed E-state index contributed by atoms with van der Waals surface area (Å²) in [5.74, 6) is -1.67. The van der Waals surface area contributed by atoms with Crippen molar-refractivity contribution >= 4 is 70.1 Å². The Morgan fingerprint density at radius 1 is 0.805 bits per heavy atom. The fourth-order valence-electron chi connectivity index (χ4n) is 3.61. The number of hydrogen-bond donors (Lipinski definition) is 3.